The first-order valence-electron chi connectivity index (χ1n) is 9.25. The molecule has 0 bridgehead atoms. The van der Waals surface area contributed by atoms with E-state index in [2.05, 4.69) is 27.1 Å². The minimum atomic E-state index is -0.774. The smallest absolute Gasteiger partial charge is 0.274 e. The molecule has 1 aromatic carbocycles. The van der Waals surface area contributed by atoms with Crippen LogP contribution >= 0.6 is 11.8 Å². The Morgan fingerprint density at radius 2 is 2.20 bits per heavy atom. The fraction of sp³-hybridized carbons (Fsp3) is 0.286. The molecule has 3 rings (SSSR count). The van der Waals surface area contributed by atoms with E-state index in [0.29, 0.717) is 28.6 Å². The van der Waals surface area contributed by atoms with Crippen molar-refractivity contribution in [1.82, 2.24) is 4.98 Å². The van der Waals surface area contributed by atoms with E-state index < -0.39 is 17.3 Å². The molecule has 1 amide bonds. The van der Waals surface area contributed by atoms with E-state index in [1.165, 1.54) is 36.2 Å². The van der Waals surface area contributed by atoms with Crippen molar-refractivity contribution < 1.29 is 13.9 Å². The van der Waals surface area contributed by atoms with E-state index in [1.54, 1.807) is 12.1 Å². The lowest BCUT2D eigenvalue weighted by molar-refractivity contribution is 0.102. The van der Waals surface area contributed by atoms with Crippen LogP contribution in [0.1, 0.15) is 29.4 Å². The maximum absolute atomic E-state index is 14.5. The molecule has 9 heteroatoms. The molecule has 30 heavy (non-hydrogen) atoms. The first-order chi connectivity index (χ1) is 14.4. The van der Waals surface area contributed by atoms with Gasteiger partial charge in [0, 0.05) is 17.0 Å². The molecule has 0 radical (unpaired) electrons. The van der Waals surface area contributed by atoms with Gasteiger partial charge >= 0.3 is 0 Å². The monoisotopic (exact) mass is 427 g/mol. The fourth-order valence-electron chi connectivity index (χ4n) is 2.93. The molecular formula is C21H22FN5O2S. The Balaban J connectivity index is 1.72. The summed E-state index contributed by atoms with van der Waals surface area (Å²) in [4.78, 5) is 21.1. The molecule has 0 spiro atoms. The van der Waals surface area contributed by atoms with E-state index in [0.717, 1.165) is 5.75 Å². The Hall–Kier alpha value is -3.09. The summed E-state index contributed by atoms with van der Waals surface area (Å²) >= 11 is 1.45. The highest BCUT2D eigenvalue weighted by Gasteiger charge is 2.32. The third-order valence-electron chi connectivity index (χ3n) is 4.51. The molecule has 0 unspecified atom stereocenters. The van der Waals surface area contributed by atoms with E-state index >= 15 is 0 Å². The van der Waals surface area contributed by atoms with E-state index in [4.69, 9.17) is 16.2 Å². The third kappa shape index (κ3) is 5.28. The zero-order valence-corrected chi connectivity index (χ0v) is 17.3. The topological polar surface area (TPSA) is 116 Å². The van der Waals surface area contributed by atoms with Gasteiger partial charge in [-0.3, -0.25) is 9.79 Å². The summed E-state index contributed by atoms with van der Waals surface area (Å²) in [6, 6.07) is 7.57. The summed E-state index contributed by atoms with van der Waals surface area (Å²) < 4.78 is 19.9. The van der Waals surface area contributed by atoms with Gasteiger partial charge in [-0.05, 0) is 43.7 Å². The summed E-state index contributed by atoms with van der Waals surface area (Å²) in [5.41, 5.74) is 11.4. The number of nitrogens with zero attached hydrogens (tertiary/aromatic N) is 2. The number of amides is 1. The molecule has 0 saturated carbocycles. The zero-order valence-electron chi connectivity index (χ0n) is 16.4. The average Bonchev–Trinajstić information content (AvgIpc) is 2.73. The Kier molecular flexibility index (Phi) is 6.92. The summed E-state index contributed by atoms with van der Waals surface area (Å²) in [5, 5.41) is 3.17. The van der Waals surface area contributed by atoms with Crippen LogP contribution in [0.4, 0.5) is 10.1 Å². The number of pyridine rings is 1. The number of carbonyl (C=O) groups is 1. The van der Waals surface area contributed by atoms with Crippen LogP contribution in [0.15, 0.2) is 41.5 Å². The number of halogens is 1. The van der Waals surface area contributed by atoms with Crippen LogP contribution in [0.3, 0.4) is 0 Å². The van der Waals surface area contributed by atoms with Crippen molar-refractivity contribution in [3.63, 3.8) is 0 Å². The zero-order chi connectivity index (χ0) is 21.6. The second kappa shape index (κ2) is 9.61. The van der Waals surface area contributed by atoms with Gasteiger partial charge in [-0.2, -0.15) is 0 Å². The van der Waals surface area contributed by atoms with Crippen molar-refractivity contribution in [2.75, 3.05) is 24.2 Å². The van der Waals surface area contributed by atoms with Crippen LogP contribution in [0, 0.1) is 17.7 Å². The quantitative estimate of drug-likeness (QED) is 0.632. The van der Waals surface area contributed by atoms with E-state index in [9.17, 15) is 9.18 Å². The number of ether oxygens (including phenoxy) is 1. The van der Waals surface area contributed by atoms with Crippen molar-refractivity contribution in [1.29, 1.82) is 0 Å². The molecule has 5 N–H and O–H groups in total. The SMILES string of the molecule is C[C@@]1(c2cc(NC(=O)c3ccc(OCC#CCN)cn3)ccc2F)CCSC(N)=N1. The van der Waals surface area contributed by atoms with Crippen LogP contribution in [0.5, 0.6) is 5.75 Å². The second-order valence-electron chi connectivity index (χ2n) is 6.70. The van der Waals surface area contributed by atoms with Gasteiger partial charge in [0.2, 0.25) is 0 Å². The Morgan fingerprint density at radius 3 is 2.90 bits per heavy atom. The van der Waals surface area contributed by atoms with Gasteiger partial charge in [0.05, 0.1) is 18.3 Å². The number of nitrogens with one attached hydrogen (secondary N) is 1. The predicted molar refractivity (Wildman–Crippen MR) is 117 cm³/mol. The minimum absolute atomic E-state index is 0.188. The van der Waals surface area contributed by atoms with Gasteiger partial charge in [-0.25, -0.2) is 9.37 Å². The van der Waals surface area contributed by atoms with Gasteiger partial charge in [-0.1, -0.05) is 23.6 Å². The summed E-state index contributed by atoms with van der Waals surface area (Å²) in [6.07, 6.45) is 2.08. The van der Waals surface area contributed by atoms with Gasteiger partial charge < -0.3 is 21.5 Å². The Labute approximate surface area is 178 Å². The molecule has 2 aromatic rings. The summed E-state index contributed by atoms with van der Waals surface area (Å²) in [5.74, 6) is 5.85. The van der Waals surface area contributed by atoms with Crippen LogP contribution in [-0.4, -0.2) is 35.0 Å². The summed E-state index contributed by atoms with van der Waals surface area (Å²) in [7, 11) is 0. The predicted octanol–water partition coefficient (Wildman–Crippen LogP) is 2.48. The number of nitrogens with two attached hydrogens (primary N) is 2. The average molecular weight is 428 g/mol. The standard InChI is InChI=1S/C21H22FN5O2S/c1-21(8-11-30-20(24)27-21)16-12-14(4-6-17(16)22)26-19(28)18-7-5-15(13-25-18)29-10-3-2-9-23/h4-7,12-13H,8-11,23H2,1H3,(H2,24,27)(H,26,28)/t21-/m0/s1. The van der Waals surface area contributed by atoms with Gasteiger partial charge in [0.25, 0.3) is 5.91 Å². The molecular weight excluding hydrogens is 405 g/mol. The molecule has 1 aliphatic rings. The first-order valence-corrected chi connectivity index (χ1v) is 10.2. The number of thioether (sulfide) groups is 1. The molecule has 7 nitrogen and oxygen atoms in total. The molecule has 1 atom stereocenters. The molecule has 0 saturated heterocycles. The van der Waals surface area contributed by atoms with Crippen LogP contribution in [0.25, 0.3) is 0 Å². The number of anilines is 1. The van der Waals surface area contributed by atoms with Crippen molar-refractivity contribution in [3.05, 3.63) is 53.6 Å². The Bertz CT molecular complexity index is 1020. The first kappa shape index (κ1) is 21.6. The molecule has 1 aromatic heterocycles. The second-order valence-corrected chi connectivity index (χ2v) is 7.81. The number of amidine groups is 1. The van der Waals surface area contributed by atoms with Crippen molar-refractivity contribution in [3.8, 4) is 17.6 Å². The normalized spacial score (nSPS) is 18.0. The molecule has 2 heterocycles. The third-order valence-corrected chi connectivity index (χ3v) is 5.30. The largest absolute Gasteiger partial charge is 0.479 e. The maximum atomic E-state index is 14.5. The van der Waals surface area contributed by atoms with Gasteiger partial charge in [0.15, 0.2) is 5.17 Å². The van der Waals surface area contributed by atoms with Crippen LogP contribution < -0.4 is 21.5 Å². The number of hydrogen-bond donors (Lipinski definition) is 3. The number of benzene rings is 1. The van der Waals surface area contributed by atoms with Crippen LogP contribution in [-0.2, 0) is 5.54 Å². The number of aromatic nitrogens is 1. The van der Waals surface area contributed by atoms with Crippen molar-refractivity contribution in [2.45, 2.75) is 18.9 Å². The van der Waals surface area contributed by atoms with E-state index in [1.807, 2.05) is 6.92 Å². The highest BCUT2D eigenvalue weighted by Crippen LogP contribution is 2.37. The van der Waals surface area contributed by atoms with Crippen LogP contribution in [0.2, 0.25) is 0 Å². The molecule has 156 valence electrons. The highest BCUT2D eigenvalue weighted by molar-refractivity contribution is 8.13. The molecule has 1 aliphatic heterocycles. The summed E-state index contributed by atoms with van der Waals surface area (Å²) in [6.45, 7) is 2.29. The fourth-order valence-corrected chi connectivity index (χ4v) is 3.91. The lowest BCUT2D eigenvalue weighted by atomic mass is 9.89. The van der Waals surface area contributed by atoms with Gasteiger partial charge in [-0.15, -0.1) is 0 Å². The van der Waals surface area contributed by atoms with Gasteiger partial charge in [0.1, 0.15) is 23.9 Å². The number of aliphatic imine (C=N–C) groups is 1. The highest BCUT2D eigenvalue weighted by atomic mass is 32.2. The number of rotatable bonds is 5. The lowest BCUT2D eigenvalue weighted by Gasteiger charge is -2.30. The molecule has 0 fully saturated rings. The number of carbonyl (C=O) groups excluding carboxylic acids is 1. The van der Waals surface area contributed by atoms with E-state index in [-0.39, 0.29) is 18.8 Å². The van der Waals surface area contributed by atoms with Crippen molar-refractivity contribution >= 4 is 28.5 Å². The molecule has 0 aliphatic carbocycles. The minimum Gasteiger partial charge on any atom is -0.479 e. The lowest BCUT2D eigenvalue weighted by Crippen LogP contribution is -2.29. The Morgan fingerprint density at radius 1 is 1.37 bits per heavy atom. The van der Waals surface area contributed by atoms with Crippen molar-refractivity contribution in [2.24, 2.45) is 16.5 Å². The maximum Gasteiger partial charge on any atom is 0.274 e. The number of hydrogen-bond acceptors (Lipinski definition) is 7.